The van der Waals surface area contributed by atoms with E-state index < -0.39 is 5.97 Å². The molecule has 0 saturated carbocycles. The molecule has 2 N–H and O–H groups in total. The number of carbonyl (C=O) groups excluding carboxylic acids is 1. The molecule has 0 fully saturated rings. The summed E-state index contributed by atoms with van der Waals surface area (Å²) in [7, 11) is 0. The van der Waals surface area contributed by atoms with E-state index in [1.54, 1.807) is 6.08 Å². The largest absolute Gasteiger partial charge is 0.481 e. The number of carboxylic acids is 1. The van der Waals surface area contributed by atoms with Crippen molar-refractivity contribution < 1.29 is 14.7 Å². The highest BCUT2D eigenvalue weighted by atomic mass is 16.4. The molecule has 0 radical (unpaired) electrons. The van der Waals surface area contributed by atoms with Crippen molar-refractivity contribution in [3.8, 4) is 0 Å². The second-order valence-electron chi connectivity index (χ2n) is 4.37. The zero-order valence-corrected chi connectivity index (χ0v) is 10.9. The summed E-state index contributed by atoms with van der Waals surface area (Å²) < 4.78 is 0. The normalized spacial score (nSPS) is 10.8. The maximum atomic E-state index is 11.5. The van der Waals surface area contributed by atoms with Crippen LogP contribution in [0.4, 0.5) is 0 Å². The van der Waals surface area contributed by atoms with Crippen molar-refractivity contribution in [2.24, 2.45) is 0 Å². The minimum absolute atomic E-state index is 0.0739. The van der Waals surface area contributed by atoms with E-state index in [2.05, 4.69) is 5.32 Å². The average molecular weight is 269 g/mol. The van der Waals surface area contributed by atoms with E-state index in [0.717, 1.165) is 16.3 Å². The first-order chi connectivity index (χ1) is 9.65. The highest BCUT2D eigenvalue weighted by Gasteiger charge is 1.99. The molecule has 0 saturated heterocycles. The first-order valence-corrected chi connectivity index (χ1v) is 6.32. The van der Waals surface area contributed by atoms with Gasteiger partial charge in [0.1, 0.15) is 0 Å². The van der Waals surface area contributed by atoms with Crippen LogP contribution < -0.4 is 5.32 Å². The quantitative estimate of drug-likeness (QED) is 0.819. The first kappa shape index (κ1) is 13.8. The minimum atomic E-state index is -0.927. The van der Waals surface area contributed by atoms with Gasteiger partial charge in [-0.25, -0.2) is 0 Å². The third-order valence-corrected chi connectivity index (χ3v) is 2.84. The van der Waals surface area contributed by atoms with Crippen molar-refractivity contribution in [2.45, 2.75) is 6.42 Å². The van der Waals surface area contributed by atoms with Crippen LogP contribution in [0, 0.1) is 0 Å². The Morgan fingerprint density at radius 3 is 2.60 bits per heavy atom. The first-order valence-electron chi connectivity index (χ1n) is 6.32. The van der Waals surface area contributed by atoms with E-state index in [-0.39, 0.29) is 18.9 Å². The number of carbonyl (C=O) groups is 2. The molecule has 1 amide bonds. The van der Waals surface area contributed by atoms with E-state index in [4.69, 9.17) is 5.11 Å². The van der Waals surface area contributed by atoms with E-state index in [1.807, 2.05) is 42.5 Å². The van der Waals surface area contributed by atoms with Crippen molar-refractivity contribution in [1.82, 2.24) is 5.32 Å². The van der Waals surface area contributed by atoms with Gasteiger partial charge < -0.3 is 10.4 Å². The Labute approximate surface area is 116 Å². The maximum absolute atomic E-state index is 11.5. The van der Waals surface area contributed by atoms with Crippen LogP contribution in [-0.2, 0) is 9.59 Å². The molecule has 0 spiro atoms. The summed E-state index contributed by atoms with van der Waals surface area (Å²) >= 11 is 0. The molecule has 0 heterocycles. The Morgan fingerprint density at radius 1 is 1.10 bits per heavy atom. The number of benzene rings is 2. The van der Waals surface area contributed by atoms with Crippen LogP contribution in [0.25, 0.3) is 16.8 Å². The topological polar surface area (TPSA) is 66.4 Å². The van der Waals surface area contributed by atoms with Crippen molar-refractivity contribution in [3.05, 3.63) is 54.1 Å². The molecule has 2 aromatic rings. The van der Waals surface area contributed by atoms with Gasteiger partial charge in [-0.05, 0) is 28.5 Å². The maximum Gasteiger partial charge on any atom is 0.305 e. The minimum Gasteiger partial charge on any atom is -0.481 e. The Balaban J connectivity index is 1.98. The molecule has 0 aliphatic rings. The van der Waals surface area contributed by atoms with Crippen molar-refractivity contribution in [2.75, 3.05) is 6.54 Å². The second-order valence-corrected chi connectivity index (χ2v) is 4.37. The average Bonchev–Trinajstić information content (AvgIpc) is 2.44. The van der Waals surface area contributed by atoms with Gasteiger partial charge in [0.2, 0.25) is 5.91 Å². The number of aliphatic carboxylic acids is 1. The van der Waals surface area contributed by atoms with Gasteiger partial charge in [0.15, 0.2) is 0 Å². The molecule has 2 aromatic carbocycles. The van der Waals surface area contributed by atoms with Gasteiger partial charge in [0.05, 0.1) is 6.42 Å². The molecule has 2 rings (SSSR count). The van der Waals surface area contributed by atoms with E-state index >= 15 is 0 Å². The summed E-state index contributed by atoms with van der Waals surface area (Å²) in [6, 6.07) is 13.9. The van der Waals surface area contributed by atoms with Crippen molar-refractivity contribution in [1.29, 1.82) is 0 Å². The van der Waals surface area contributed by atoms with Gasteiger partial charge >= 0.3 is 5.97 Å². The summed E-state index contributed by atoms with van der Waals surface area (Å²) in [5, 5.41) is 13.2. The number of carboxylic acid groups (broad SMARTS) is 1. The standard InChI is InChI=1S/C16H15NO3/c18-15(17-10-9-16(19)20)8-6-12-5-7-13-3-1-2-4-14(13)11-12/h1-8,11H,9-10H2,(H,17,18)(H,19,20). The van der Waals surface area contributed by atoms with Crippen LogP contribution in [0.15, 0.2) is 48.5 Å². The van der Waals surface area contributed by atoms with Gasteiger partial charge in [-0.2, -0.15) is 0 Å². The molecule has 102 valence electrons. The molecular formula is C16H15NO3. The van der Waals surface area contributed by atoms with Crippen LogP contribution in [0.2, 0.25) is 0 Å². The molecule has 4 nitrogen and oxygen atoms in total. The fourth-order valence-corrected chi connectivity index (χ4v) is 1.83. The van der Waals surface area contributed by atoms with Gasteiger partial charge in [-0.3, -0.25) is 9.59 Å². The molecule has 0 bridgehead atoms. The van der Waals surface area contributed by atoms with E-state index in [9.17, 15) is 9.59 Å². The fourth-order valence-electron chi connectivity index (χ4n) is 1.83. The summed E-state index contributed by atoms with van der Waals surface area (Å²) in [6.45, 7) is 0.135. The Bertz CT molecular complexity index is 662. The third kappa shape index (κ3) is 3.95. The van der Waals surface area contributed by atoms with E-state index in [0.29, 0.717) is 0 Å². The van der Waals surface area contributed by atoms with Crippen LogP contribution in [-0.4, -0.2) is 23.5 Å². The molecule has 0 atom stereocenters. The van der Waals surface area contributed by atoms with Gasteiger partial charge in [-0.1, -0.05) is 36.4 Å². The lowest BCUT2D eigenvalue weighted by Crippen LogP contribution is -2.23. The van der Waals surface area contributed by atoms with Crippen molar-refractivity contribution in [3.63, 3.8) is 0 Å². The lowest BCUT2D eigenvalue weighted by atomic mass is 10.1. The van der Waals surface area contributed by atoms with Gasteiger partial charge in [0.25, 0.3) is 0 Å². The number of hydrogen-bond donors (Lipinski definition) is 2. The fraction of sp³-hybridized carbons (Fsp3) is 0.125. The summed E-state index contributed by atoms with van der Waals surface area (Å²) in [6.07, 6.45) is 3.05. The third-order valence-electron chi connectivity index (χ3n) is 2.84. The highest BCUT2D eigenvalue weighted by Crippen LogP contribution is 2.16. The number of hydrogen-bond acceptors (Lipinski definition) is 2. The Kier molecular flexibility index (Phi) is 4.50. The molecule has 20 heavy (non-hydrogen) atoms. The number of nitrogens with one attached hydrogen (secondary N) is 1. The Hall–Kier alpha value is -2.62. The molecule has 4 heteroatoms. The molecule has 0 unspecified atom stereocenters. The van der Waals surface area contributed by atoms with Crippen molar-refractivity contribution >= 4 is 28.7 Å². The van der Waals surface area contributed by atoms with Crippen LogP contribution in [0.1, 0.15) is 12.0 Å². The smallest absolute Gasteiger partial charge is 0.305 e. The van der Waals surface area contributed by atoms with Crippen LogP contribution >= 0.6 is 0 Å². The number of amides is 1. The van der Waals surface area contributed by atoms with Gasteiger partial charge in [-0.15, -0.1) is 0 Å². The zero-order chi connectivity index (χ0) is 14.4. The summed E-state index contributed by atoms with van der Waals surface area (Å²) in [5.41, 5.74) is 0.928. The van der Waals surface area contributed by atoms with Gasteiger partial charge in [0, 0.05) is 12.6 Å². The van der Waals surface area contributed by atoms with Crippen LogP contribution in [0.3, 0.4) is 0 Å². The lowest BCUT2D eigenvalue weighted by molar-refractivity contribution is -0.136. The molecule has 0 aromatic heterocycles. The molecule has 0 aliphatic carbocycles. The predicted molar refractivity (Wildman–Crippen MR) is 78.2 cm³/mol. The Morgan fingerprint density at radius 2 is 1.85 bits per heavy atom. The summed E-state index contributed by atoms with van der Waals surface area (Å²) in [4.78, 5) is 21.8. The zero-order valence-electron chi connectivity index (χ0n) is 10.9. The molecule has 0 aliphatic heterocycles. The lowest BCUT2D eigenvalue weighted by Gasteiger charge is -2.00. The SMILES string of the molecule is O=C(O)CCNC(=O)C=Cc1ccc2ccccc2c1. The highest BCUT2D eigenvalue weighted by molar-refractivity contribution is 5.93. The summed E-state index contributed by atoms with van der Waals surface area (Å²) in [5.74, 6) is -1.22. The van der Waals surface area contributed by atoms with E-state index in [1.165, 1.54) is 6.08 Å². The molecular weight excluding hydrogens is 254 g/mol. The predicted octanol–water partition coefficient (Wildman–Crippen LogP) is 2.44. The van der Waals surface area contributed by atoms with Crippen LogP contribution in [0.5, 0.6) is 0 Å². The number of rotatable bonds is 5. The monoisotopic (exact) mass is 269 g/mol. The second kappa shape index (κ2) is 6.52. The number of fused-ring (bicyclic) bond motifs is 1.